The van der Waals surface area contributed by atoms with Gasteiger partial charge >= 0.3 is 5.97 Å². The molecular formula is C15H16N2O2. The fourth-order valence-corrected chi connectivity index (χ4v) is 2.82. The maximum atomic E-state index is 11.1. The van der Waals surface area contributed by atoms with Gasteiger partial charge < -0.3 is 9.67 Å². The molecule has 0 saturated heterocycles. The van der Waals surface area contributed by atoms with Crippen LogP contribution in [0.5, 0.6) is 0 Å². The highest BCUT2D eigenvalue weighted by Crippen LogP contribution is 2.50. The molecule has 0 aliphatic heterocycles. The van der Waals surface area contributed by atoms with E-state index in [-0.39, 0.29) is 5.54 Å². The Morgan fingerprint density at radius 1 is 1.42 bits per heavy atom. The number of hydrogen-bond donors (Lipinski definition) is 1. The van der Waals surface area contributed by atoms with Gasteiger partial charge in [0.25, 0.3) is 0 Å². The van der Waals surface area contributed by atoms with Crippen LogP contribution in [0.15, 0.2) is 18.2 Å². The quantitative estimate of drug-likeness (QED) is 0.918. The molecule has 1 aromatic carbocycles. The van der Waals surface area contributed by atoms with Crippen LogP contribution >= 0.6 is 0 Å². The summed E-state index contributed by atoms with van der Waals surface area (Å²) < 4.78 is 2.37. The number of carbonyl (C=O) groups is 1. The molecule has 19 heavy (non-hydrogen) atoms. The second-order valence-corrected chi connectivity index (χ2v) is 6.09. The van der Waals surface area contributed by atoms with E-state index >= 15 is 0 Å². The van der Waals surface area contributed by atoms with Crippen molar-refractivity contribution in [3.63, 3.8) is 0 Å². The van der Waals surface area contributed by atoms with Crippen molar-refractivity contribution in [3.05, 3.63) is 29.6 Å². The van der Waals surface area contributed by atoms with Gasteiger partial charge in [-0.15, -0.1) is 0 Å². The molecule has 98 valence electrons. The summed E-state index contributed by atoms with van der Waals surface area (Å²) >= 11 is 0. The van der Waals surface area contributed by atoms with Gasteiger partial charge in [0.1, 0.15) is 5.82 Å². The van der Waals surface area contributed by atoms with Gasteiger partial charge in [-0.1, -0.05) is 0 Å². The van der Waals surface area contributed by atoms with Gasteiger partial charge in [-0.05, 0) is 50.8 Å². The number of carboxylic acids is 1. The summed E-state index contributed by atoms with van der Waals surface area (Å²) in [5, 5.41) is 9.08. The first-order valence-corrected chi connectivity index (χ1v) is 6.85. The molecule has 0 unspecified atom stereocenters. The molecule has 4 nitrogen and oxygen atoms in total. The zero-order chi connectivity index (χ0) is 13.2. The van der Waals surface area contributed by atoms with Crippen LogP contribution in [-0.2, 0) is 5.54 Å². The lowest BCUT2D eigenvalue weighted by Crippen LogP contribution is -2.15. The lowest BCUT2D eigenvalue weighted by molar-refractivity contribution is 0.0697. The third-order valence-electron chi connectivity index (χ3n) is 4.38. The first-order chi connectivity index (χ1) is 9.08. The Hall–Kier alpha value is -1.84. The van der Waals surface area contributed by atoms with E-state index in [4.69, 9.17) is 10.1 Å². The Morgan fingerprint density at radius 3 is 2.74 bits per heavy atom. The van der Waals surface area contributed by atoms with Crippen molar-refractivity contribution in [2.45, 2.75) is 44.1 Å². The van der Waals surface area contributed by atoms with Crippen LogP contribution in [0.2, 0.25) is 0 Å². The first kappa shape index (κ1) is 11.0. The molecular weight excluding hydrogens is 240 g/mol. The minimum Gasteiger partial charge on any atom is -0.478 e. The molecule has 0 amide bonds. The van der Waals surface area contributed by atoms with Crippen molar-refractivity contribution in [2.24, 2.45) is 0 Å². The molecule has 1 aromatic heterocycles. The van der Waals surface area contributed by atoms with Crippen LogP contribution in [0.3, 0.4) is 0 Å². The second kappa shape index (κ2) is 3.38. The Morgan fingerprint density at radius 2 is 2.16 bits per heavy atom. The average Bonchev–Trinajstić information content (AvgIpc) is 3.29. The zero-order valence-corrected chi connectivity index (χ0v) is 10.9. The lowest BCUT2D eigenvalue weighted by Gasteiger charge is -2.15. The number of rotatable bonds is 3. The molecule has 1 heterocycles. The molecule has 0 bridgehead atoms. The maximum absolute atomic E-state index is 11.1. The Balaban J connectivity index is 1.96. The van der Waals surface area contributed by atoms with Crippen molar-refractivity contribution in [2.75, 3.05) is 0 Å². The van der Waals surface area contributed by atoms with Crippen molar-refractivity contribution in [1.29, 1.82) is 0 Å². The van der Waals surface area contributed by atoms with E-state index in [1.165, 1.54) is 25.7 Å². The fourth-order valence-electron chi connectivity index (χ4n) is 2.82. The predicted octanol–water partition coefficient (Wildman–Crippen LogP) is 3.12. The summed E-state index contributed by atoms with van der Waals surface area (Å²) in [6.45, 7) is 2.27. The molecule has 0 radical (unpaired) electrons. The topological polar surface area (TPSA) is 55.1 Å². The standard InChI is InChI=1S/C15H16N2O2/c1-15(6-7-15)17-12-5-4-10(14(18)19)8-11(12)16-13(17)9-2-3-9/h4-5,8-9H,2-3,6-7H2,1H3,(H,18,19). The number of aromatic nitrogens is 2. The first-order valence-electron chi connectivity index (χ1n) is 6.85. The zero-order valence-electron chi connectivity index (χ0n) is 10.9. The summed E-state index contributed by atoms with van der Waals surface area (Å²) in [6.07, 6.45) is 4.81. The number of imidazole rings is 1. The van der Waals surface area contributed by atoms with Crippen molar-refractivity contribution >= 4 is 17.0 Å². The third-order valence-corrected chi connectivity index (χ3v) is 4.38. The molecule has 2 aliphatic carbocycles. The van der Waals surface area contributed by atoms with E-state index in [9.17, 15) is 4.79 Å². The second-order valence-electron chi connectivity index (χ2n) is 6.09. The summed E-state index contributed by atoms with van der Waals surface area (Å²) in [7, 11) is 0. The minimum absolute atomic E-state index is 0.206. The monoisotopic (exact) mass is 256 g/mol. The number of carboxylic acid groups (broad SMARTS) is 1. The fraction of sp³-hybridized carbons (Fsp3) is 0.467. The van der Waals surface area contributed by atoms with Crippen molar-refractivity contribution < 1.29 is 9.90 Å². The van der Waals surface area contributed by atoms with Gasteiger partial charge in [-0.25, -0.2) is 9.78 Å². The lowest BCUT2D eigenvalue weighted by atomic mass is 10.2. The molecule has 2 fully saturated rings. The van der Waals surface area contributed by atoms with E-state index in [1.807, 2.05) is 6.07 Å². The molecule has 4 rings (SSSR count). The number of aromatic carboxylic acids is 1. The molecule has 1 N–H and O–H groups in total. The van der Waals surface area contributed by atoms with Crippen molar-refractivity contribution in [1.82, 2.24) is 9.55 Å². The molecule has 2 saturated carbocycles. The van der Waals surface area contributed by atoms with Gasteiger partial charge in [0.05, 0.1) is 16.6 Å². The van der Waals surface area contributed by atoms with Gasteiger partial charge in [0.2, 0.25) is 0 Å². The Bertz CT molecular complexity index is 693. The average molecular weight is 256 g/mol. The van der Waals surface area contributed by atoms with Crippen LogP contribution < -0.4 is 0 Å². The number of fused-ring (bicyclic) bond motifs is 1. The van der Waals surface area contributed by atoms with Gasteiger partial charge in [0, 0.05) is 11.5 Å². The summed E-state index contributed by atoms with van der Waals surface area (Å²) in [5.41, 5.74) is 2.44. The smallest absolute Gasteiger partial charge is 0.335 e. The molecule has 0 atom stereocenters. The SMILES string of the molecule is CC1(n2c(C3CC3)nc3cc(C(=O)O)ccc32)CC1. The molecule has 2 aromatic rings. The maximum Gasteiger partial charge on any atom is 0.335 e. The summed E-state index contributed by atoms with van der Waals surface area (Å²) in [5.74, 6) is 0.859. The Labute approximate surface area is 111 Å². The Kier molecular flexibility index (Phi) is 1.96. The predicted molar refractivity (Wildman–Crippen MR) is 71.5 cm³/mol. The van der Waals surface area contributed by atoms with E-state index in [1.54, 1.807) is 12.1 Å². The van der Waals surface area contributed by atoms with Crippen LogP contribution in [0, 0.1) is 0 Å². The largest absolute Gasteiger partial charge is 0.478 e. The molecule has 0 spiro atoms. The van der Waals surface area contributed by atoms with E-state index < -0.39 is 5.97 Å². The number of nitrogens with zero attached hydrogens (tertiary/aromatic N) is 2. The van der Waals surface area contributed by atoms with Crippen molar-refractivity contribution in [3.8, 4) is 0 Å². The van der Waals surface area contributed by atoms with Crippen LogP contribution in [0.25, 0.3) is 11.0 Å². The van der Waals surface area contributed by atoms with Crippen LogP contribution in [-0.4, -0.2) is 20.6 Å². The highest BCUT2D eigenvalue weighted by Gasteiger charge is 2.44. The highest BCUT2D eigenvalue weighted by atomic mass is 16.4. The molecule has 2 aliphatic rings. The summed E-state index contributed by atoms with van der Waals surface area (Å²) in [4.78, 5) is 15.8. The minimum atomic E-state index is -0.887. The van der Waals surface area contributed by atoms with Gasteiger partial charge in [0.15, 0.2) is 0 Å². The highest BCUT2D eigenvalue weighted by molar-refractivity contribution is 5.92. The third kappa shape index (κ3) is 1.59. The van der Waals surface area contributed by atoms with Gasteiger partial charge in [-0.3, -0.25) is 0 Å². The van der Waals surface area contributed by atoms with E-state index in [2.05, 4.69) is 11.5 Å². The number of hydrogen-bond acceptors (Lipinski definition) is 2. The molecule has 4 heteroatoms. The van der Waals surface area contributed by atoms with Crippen LogP contribution in [0.4, 0.5) is 0 Å². The number of benzene rings is 1. The van der Waals surface area contributed by atoms with Gasteiger partial charge in [-0.2, -0.15) is 0 Å². The van der Waals surface area contributed by atoms with E-state index in [0.29, 0.717) is 11.5 Å². The van der Waals surface area contributed by atoms with Crippen LogP contribution in [0.1, 0.15) is 54.7 Å². The van der Waals surface area contributed by atoms with E-state index in [0.717, 1.165) is 16.9 Å². The normalized spacial score (nSPS) is 20.7. The summed E-state index contributed by atoms with van der Waals surface area (Å²) in [6, 6.07) is 5.30.